The normalized spacial score (nSPS) is 16.3. The monoisotopic (exact) mass is 364 g/mol. The van der Waals surface area contributed by atoms with E-state index in [0.717, 1.165) is 5.56 Å². The van der Waals surface area contributed by atoms with Gasteiger partial charge in [-0.25, -0.2) is 4.98 Å². The molecule has 1 aromatic carbocycles. The largest absolute Gasteiger partial charge is 0.438 e. The first-order valence-electron chi connectivity index (χ1n) is 8.82. The zero-order chi connectivity index (χ0) is 18.8. The van der Waals surface area contributed by atoms with Crippen LogP contribution < -0.4 is 5.32 Å². The van der Waals surface area contributed by atoms with Crippen LogP contribution in [0, 0.1) is 6.92 Å². The van der Waals surface area contributed by atoms with E-state index in [1.165, 1.54) is 6.39 Å². The Kier molecular flexibility index (Phi) is 4.50. The number of carbonyl (C=O) groups excluding carboxylic acids is 2. The molecular weight excluding hydrogens is 344 g/mol. The standard InChI is InChI=1S/C20H20N4O3/c1-14-18(27-13-22-14)19(25)21-10-16-12-23-9-5-8-17(23)20(26)24(16)11-15-6-3-2-4-7-15/h2-9,13,16H,10-12H2,1H3,(H,21,25). The molecule has 1 N–H and O–H groups in total. The van der Waals surface area contributed by atoms with Gasteiger partial charge in [-0.1, -0.05) is 30.3 Å². The van der Waals surface area contributed by atoms with E-state index in [2.05, 4.69) is 10.3 Å². The van der Waals surface area contributed by atoms with Gasteiger partial charge >= 0.3 is 0 Å². The molecule has 1 unspecified atom stereocenters. The maximum Gasteiger partial charge on any atom is 0.289 e. The van der Waals surface area contributed by atoms with Crippen molar-refractivity contribution in [1.29, 1.82) is 0 Å². The highest BCUT2D eigenvalue weighted by atomic mass is 16.3. The van der Waals surface area contributed by atoms with Gasteiger partial charge in [0.2, 0.25) is 5.76 Å². The SMILES string of the molecule is Cc1ncoc1C(=O)NCC1Cn2cccc2C(=O)N1Cc1ccccc1. The zero-order valence-electron chi connectivity index (χ0n) is 15.0. The molecule has 0 aliphatic carbocycles. The highest BCUT2D eigenvalue weighted by Crippen LogP contribution is 2.21. The van der Waals surface area contributed by atoms with Crippen molar-refractivity contribution in [2.75, 3.05) is 6.54 Å². The first-order chi connectivity index (χ1) is 13.1. The smallest absolute Gasteiger partial charge is 0.289 e. The Balaban J connectivity index is 1.54. The summed E-state index contributed by atoms with van der Waals surface area (Å²) in [5.74, 6) is -0.158. The van der Waals surface area contributed by atoms with Gasteiger partial charge in [-0.3, -0.25) is 9.59 Å². The molecular formula is C20H20N4O3. The molecule has 1 atom stereocenters. The topological polar surface area (TPSA) is 80.4 Å². The number of nitrogens with one attached hydrogen (secondary N) is 1. The summed E-state index contributed by atoms with van der Waals surface area (Å²) in [6.45, 7) is 3.16. The van der Waals surface area contributed by atoms with Crippen LogP contribution in [0.5, 0.6) is 0 Å². The van der Waals surface area contributed by atoms with Gasteiger partial charge in [0.05, 0.1) is 11.7 Å². The maximum absolute atomic E-state index is 13.0. The summed E-state index contributed by atoms with van der Waals surface area (Å²) >= 11 is 0. The summed E-state index contributed by atoms with van der Waals surface area (Å²) < 4.78 is 7.08. The average Bonchev–Trinajstić information content (AvgIpc) is 3.32. The van der Waals surface area contributed by atoms with Crippen LogP contribution >= 0.6 is 0 Å². The predicted molar refractivity (Wildman–Crippen MR) is 98.1 cm³/mol. The van der Waals surface area contributed by atoms with Crippen molar-refractivity contribution in [3.05, 3.63) is 77.8 Å². The number of aryl methyl sites for hydroxylation is 1. The minimum atomic E-state index is -0.324. The number of aromatic nitrogens is 2. The Morgan fingerprint density at radius 3 is 2.81 bits per heavy atom. The first kappa shape index (κ1) is 17.1. The lowest BCUT2D eigenvalue weighted by atomic mass is 10.1. The third kappa shape index (κ3) is 3.36. The number of oxazole rings is 1. The van der Waals surface area contributed by atoms with E-state index in [-0.39, 0.29) is 23.6 Å². The first-order valence-corrected chi connectivity index (χ1v) is 8.82. The minimum absolute atomic E-state index is 0.0369. The summed E-state index contributed by atoms with van der Waals surface area (Å²) in [6.07, 6.45) is 3.14. The van der Waals surface area contributed by atoms with Gasteiger partial charge in [0, 0.05) is 25.8 Å². The van der Waals surface area contributed by atoms with E-state index in [4.69, 9.17) is 4.42 Å². The van der Waals surface area contributed by atoms with Gasteiger partial charge in [0.15, 0.2) is 6.39 Å². The highest BCUT2D eigenvalue weighted by Gasteiger charge is 2.32. The van der Waals surface area contributed by atoms with Crippen molar-refractivity contribution in [3.8, 4) is 0 Å². The number of carbonyl (C=O) groups is 2. The van der Waals surface area contributed by atoms with Gasteiger partial charge < -0.3 is 19.2 Å². The number of fused-ring (bicyclic) bond motifs is 1. The molecule has 0 saturated carbocycles. The second-order valence-corrected chi connectivity index (χ2v) is 6.60. The van der Waals surface area contributed by atoms with Crippen molar-refractivity contribution < 1.29 is 14.0 Å². The third-order valence-corrected chi connectivity index (χ3v) is 4.80. The number of hydrogen-bond acceptors (Lipinski definition) is 4. The van der Waals surface area contributed by atoms with Crippen LogP contribution in [0.1, 0.15) is 32.3 Å². The van der Waals surface area contributed by atoms with Crippen molar-refractivity contribution >= 4 is 11.8 Å². The summed E-state index contributed by atoms with van der Waals surface area (Å²) in [5, 5.41) is 2.88. The summed E-state index contributed by atoms with van der Waals surface area (Å²) in [6, 6.07) is 13.4. The van der Waals surface area contributed by atoms with E-state index < -0.39 is 0 Å². The van der Waals surface area contributed by atoms with Crippen molar-refractivity contribution in [2.24, 2.45) is 0 Å². The number of rotatable bonds is 5. The average molecular weight is 364 g/mol. The quantitative estimate of drug-likeness (QED) is 0.753. The van der Waals surface area contributed by atoms with Crippen LogP contribution in [0.4, 0.5) is 0 Å². The third-order valence-electron chi connectivity index (χ3n) is 4.80. The van der Waals surface area contributed by atoms with Crippen molar-refractivity contribution in [1.82, 2.24) is 19.8 Å². The van der Waals surface area contributed by atoms with Crippen molar-refractivity contribution in [3.63, 3.8) is 0 Å². The molecule has 138 valence electrons. The molecule has 1 aliphatic heterocycles. The Hall–Kier alpha value is -3.35. The molecule has 2 amide bonds. The molecule has 27 heavy (non-hydrogen) atoms. The molecule has 2 aromatic heterocycles. The molecule has 7 nitrogen and oxygen atoms in total. The molecule has 0 radical (unpaired) electrons. The number of benzene rings is 1. The van der Waals surface area contributed by atoms with Gasteiger partial charge in [0.1, 0.15) is 5.69 Å². The molecule has 4 rings (SSSR count). The van der Waals surface area contributed by atoms with Crippen LogP contribution in [-0.4, -0.2) is 38.9 Å². The van der Waals surface area contributed by atoms with Gasteiger partial charge in [-0.15, -0.1) is 0 Å². The molecule has 0 saturated heterocycles. The molecule has 0 fully saturated rings. The Morgan fingerprint density at radius 1 is 1.26 bits per heavy atom. The van der Waals surface area contributed by atoms with Crippen LogP contribution in [0.25, 0.3) is 0 Å². The number of nitrogens with zero attached hydrogens (tertiary/aromatic N) is 3. The summed E-state index contributed by atoms with van der Waals surface area (Å²) in [7, 11) is 0. The zero-order valence-corrected chi connectivity index (χ0v) is 15.0. The highest BCUT2D eigenvalue weighted by molar-refractivity contribution is 5.94. The van der Waals surface area contributed by atoms with Crippen LogP contribution in [0.15, 0.2) is 59.5 Å². The van der Waals surface area contributed by atoms with Crippen molar-refractivity contribution in [2.45, 2.75) is 26.1 Å². The van der Waals surface area contributed by atoms with E-state index in [9.17, 15) is 9.59 Å². The maximum atomic E-state index is 13.0. The fraction of sp³-hybridized carbons (Fsp3) is 0.250. The van der Waals surface area contributed by atoms with Crippen LogP contribution in [0.2, 0.25) is 0 Å². The minimum Gasteiger partial charge on any atom is -0.438 e. The molecule has 3 heterocycles. The van der Waals surface area contributed by atoms with Crippen LogP contribution in [-0.2, 0) is 13.1 Å². The lowest BCUT2D eigenvalue weighted by Crippen LogP contribution is -2.52. The summed E-state index contributed by atoms with van der Waals surface area (Å²) in [4.78, 5) is 31.1. The lowest BCUT2D eigenvalue weighted by molar-refractivity contribution is 0.0561. The fourth-order valence-electron chi connectivity index (χ4n) is 3.37. The molecule has 0 spiro atoms. The Bertz CT molecular complexity index is 961. The molecule has 1 aliphatic rings. The van der Waals surface area contributed by atoms with Gasteiger partial charge in [-0.05, 0) is 24.6 Å². The fourth-order valence-corrected chi connectivity index (χ4v) is 3.37. The lowest BCUT2D eigenvalue weighted by Gasteiger charge is -2.36. The second kappa shape index (κ2) is 7.11. The van der Waals surface area contributed by atoms with E-state index in [1.807, 2.05) is 58.1 Å². The predicted octanol–water partition coefficient (Wildman–Crippen LogP) is 2.24. The van der Waals surface area contributed by atoms with Gasteiger partial charge in [-0.2, -0.15) is 0 Å². The van der Waals surface area contributed by atoms with E-state index in [1.54, 1.807) is 6.92 Å². The van der Waals surface area contributed by atoms with E-state index in [0.29, 0.717) is 31.0 Å². The second-order valence-electron chi connectivity index (χ2n) is 6.60. The number of amides is 2. The molecule has 3 aromatic rings. The Morgan fingerprint density at radius 2 is 2.07 bits per heavy atom. The number of hydrogen-bond donors (Lipinski definition) is 1. The Labute approximate surface area is 156 Å². The van der Waals surface area contributed by atoms with Gasteiger partial charge in [0.25, 0.3) is 11.8 Å². The molecule has 0 bridgehead atoms. The van der Waals surface area contributed by atoms with E-state index >= 15 is 0 Å². The summed E-state index contributed by atoms with van der Waals surface area (Å²) in [5.41, 5.74) is 2.26. The van der Waals surface area contributed by atoms with Crippen LogP contribution in [0.3, 0.4) is 0 Å². The molecule has 7 heteroatoms.